The van der Waals surface area contributed by atoms with E-state index in [-0.39, 0.29) is 5.02 Å². The Bertz CT molecular complexity index is 424. The number of anilines is 1. The minimum absolute atomic E-state index is 0.146. The van der Waals surface area contributed by atoms with E-state index >= 15 is 0 Å². The maximum atomic E-state index is 13.1. The number of halogens is 2. The lowest BCUT2D eigenvalue weighted by atomic mass is 10.1. The minimum Gasteiger partial charge on any atom is -0.358 e. The SMILES string of the molecule is Fc1cccc(NC2=CC=CCC2)c1Cl. The Balaban J connectivity index is 2.20. The highest BCUT2D eigenvalue weighted by molar-refractivity contribution is 6.33. The summed E-state index contributed by atoms with van der Waals surface area (Å²) >= 11 is 5.83. The van der Waals surface area contributed by atoms with Crippen LogP contribution >= 0.6 is 11.6 Å². The third-order valence-corrected chi connectivity index (χ3v) is 2.64. The van der Waals surface area contributed by atoms with Crippen molar-refractivity contribution in [1.82, 2.24) is 0 Å². The highest BCUT2D eigenvalue weighted by Gasteiger charge is 2.07. The van der Waals surface area contributed by atoms with Crippen molar-refractivity contribution in [3.63, 3.8) is 0 Å². The molecule has 1 aromatic carbocycles. The number of allylic oxidation sites excluding steroid dienone is 4. The molecular formula is C12H11ClFN. The smallest absolute Gasteiger partial charge is 0.143 e. The van der Waals surface area contributed by atoms with Crippen molar-refractivity contribution in [3.8, 4) is 0 Å². The Morgan fingerprint density at radius 3 is 2.93 bits per heavy atom. The average Bonchev–Trinajstić information content (AvgIpc) is 2.26. The maximum absolute atomic E-state index is 13.1. The van der Waals surface area contributed by atoms with Crippen LogP contribution in [0.15, 0.2) is 42.1 Å². The summed E-state index contributed by atoms with van der Waals surface area (Å²) in [6.45, 7) is 0. The van der Waals surface area contributed by atoms with Gasteiger partial charge in [0.1, 0.15) is 5.82 Å². The van der Waals surface area contributed by atoms with Gasteiger partial charge >= 0.3 is 0 Å². The van der Waals surface area contributed by atoms with E-state index in [1.165, 1.54) is 6.07 Å². The van der Waals surface area contributed by atoms with Gasteiger partial charge in [-0.3, -0.25) is 0 Å². The predicted molar refractivity (Wildman–Crippen MR) is 61.5 cm³/mol. The molecule has 0 atom stereocenters. The van der Waals surface area contributed by atoms with E-state index in [4.69, 9.17) is 11.6 Å². The van der Waals surface area contributed by atoms with Crippen LogP contribution in [0.4, 0.5) is 10.1 Å². The molecule has 0 saturated heterocycles. The highest BCUT2D eigenvalue weighted by atomic mass is 35.5. The Labute approximate surface area is 93.3 Å². The molecule has 3 heteroatoms. The summed E-state index contributed by atoms with van der Waals surface area (Å²) in [5, 5.41) is 3.27. The van der Waals surface area contributed by atoms with Crippen molar-refractivity contribution < 1.29 is 4.39 Å². The van der Waals surface area contributed by atoms with E-state index in [1.54, 1.807) is 12.1 Å². The van der Waals surface area contributed by atoms with Crippen molar-refractivity contribution in [3.05, 3.63) is 53.0 Å². The predicted octanol–water partition coefficient (Wildman–Crippen LogP) is 4.12. The largest absolute Gasteiger partial charge is 0.358 e. The van der Waals surface area contributed by atoms with Crippen LogP contribution in [0, 0.1) is 5.82 Å². The summed E-state index contributed by atoms with van der Waals surface area (Å²) in [5.74, 6) is -0.395. The Morgan fingerprint density at radius 2 is 2.20 bits per heavy atom. The summed E-state index contributed by atoms with van der Waals surface area (Å²) < 4.78 is 13.1. The molecule has 1 nitrogen and oxygen atoms in total. The van der Waals surface area contributed by atoms with Crippen molar-refractivity contribution in [2.45, 2.75) is 12.8 Å². The van der Waals surface area contributed by atoms with Crippen LogP contribution < -0.4 is 5.32 Å². The summed E-state index contributed by atoms with van der Waals surface area (Å²) in [6, 6.07) is 4.76. The van der Waals surface area contributed by atoms with Crippen LogP contribution in [0.25, 0.3) is 0 Å². The monoisotopic (exact) mass is 223 g/mol. The lowest BCUT2D eigenvalue weighted by Crippen LogP contribution is -2.02. The Hall–Kier alpha value is -1.28. The van der Waals surface area contributed by atoms with Gasteiger partial charge in [-0.05, 0) is 31.1 Å². The molecule has 0 saturated carbocycles. The molecule has 0 heterocycles. The van der Waals surface area contributed by atoms with Crippen LogP contribution in [0.3, 0.4) is 0 Å². The van der Waals surface area contributed by atoms with Gasteiger partial charge in [0.15, 0.2) is 0 Å². The molecule has 0 unspecified atom stereocenters. The van der Waals surface area contributed by atoms with Gasteiger partial charge in [0, 0.05) is 5.70 Å². The first-order valence-corrected chi connectivity index (χ1v) is 5.22. The number of hydrogen-bond donors (Lipinski definition) is 1. The quantitative estimate of drug-likeness (QED) is 0.795. The lowest BCUT2D eigenvalue weighted by molar-refractivity contribution is 0.629. The second kappa shape index (κ2) is 4.49. The summed E-state index contributed by atoms with van der Waals surface area (Å²) in [4.78, 5) is 0. The van der Waals surface area contributed by atoms with Gasteiger partial charge in [-0.2, -0.15) is 0 Å². The molecular weight excluding hydrogens is 213 g/mol. The van der Waals surface area contributed by atoms with E-state index in [9.17, 15) is 4.39 Å². The van der Waals surface area contributed by atoms with Gasteiger partial charge in [-0.1, -0.05) is 29.8 Å². The van der Waals surface area contributed by atoms with E-state index in [0.717, 1.165) is 18.5 Å². The van der Waals surface area contributed by atoms with Crippen LogP contribution in [-0.2, 0) is 0 Å². The summed E-state index contributed by atoms with van der Waals surface area (Å²) in [5.41, 5.74) is 1.68. The normalized spacial score (nSPS) is 14.9. The zero-order chi connectivity index (χ0) is 10.7. The summed E-state index contributed by atoms with van der Waals surface area (Å²) in [6.07, 6.45) is 8.00. The number of nitrogens with one attached hydrogen (secondary N) is 1. The van der Waals surface area contributed by atoms with E-state index in [0.29, 0.717) is 5.69 Å². The molecule has 78 valence electrons. The fourth-order valence-corrected chi connectivity index (χ4v) is 1.65. The number of hydrogen-bond acceptors (Lipinski definition) is 1. The van der Waals surface area contributed by atoms with Gasteiger partial charge in [-0.15, -0.1) is 0 Å². The molecule has 0 aliphatic heterocycles. The van der Waals surface area contributed by atoms with E-state index in [1.807, 2.05) is 12.2 Å². The minimum atomic E-state index is -0.395. The van der Waals surface area contributed by atoms with E-state index < -0.39 is 5.82 Å². The molecule has 1 N–H and O–H groups in total. The Kier molecular flexibility index (Phi) is 3.07. The van der Waals surface area contributed by atoms with Crippen LogP contribution in [0.5, 0.6) is 0 Å². The second-order valence-corrected chi connectivity index (χ2v) is 3.76. The molecule has 0 spiro atoms. The van der Waals surface area contributed by atoms with Gasteiger partial charge < -0.3 is 5.32 Å². The van der Waals surface area contributed by atoms with Crippen LogP contribution in [-0.4, -0.2) is 0 Å². The molecule has 15 heavy (non-hydrogen) atoms. The first kappa shape index (κ1) is 10.2. The number of benzene rings is 1. The van der Waals surface area contributed by atoms with Gasteiger partial charge in [-0.25, -0.2) is 4.39 Å². The lowest BCUT2D eigenvalue weighted by Gasteiger charge is -2.13. The van der Waals surface area contributed by atoms with Crippen molar-refractivity contribution in [1.29, 1.82) is 0 Å². The second-order valence-electron chi connectivity index (χ2n) is 3.39. The first-order chi connectivity index (χ1) is 7.27. The van der Waals surface area contributed by atoms with Crippen LogP contribution in [0.1, 0.15) is 12.8 Å². The van der Waals surface area contributed by atoms with Crippen molar-refractivity contribution in [2.75, 3.05) is 5.32 Å². The fraction of sp³-hybridized carbons (Fsp3) is 0.167. The fourth-order valence-electron chi connectivity index (χ4n) is 1.48. The van der Waals surface area contributed by atoms with Gasteiger partial charge in [0.05, 0.1) is 10.7 Å². The molecule has 1 aliphatic rings. The molecule has 0 amide bonds. The zero-order valence-electron chi connectivity index (χ0n) is 8.13. The average molecular weight is 224 g/mol. The third kappa shape index (κ3) is 2.39. The topological polar surface area (TPSA) is 12.0 Å². The summed E-state index contributed by atoms with van der Waals surface area (Å²) in [7, 11) is 0. The highest BCUT2D eigenvalue weighted by Crippen LogP contribution is 2.27. The van der Waals surface area contributed by atoms with Crippen molar-refractivity contribution >= 4 is 17.3 Å². The molecule has 1 aromatic rings. The van der Waals surface area contributed by atoms with Crippen molar-refractivity contribution in [2.24, 2.45) is 0 Å². The first-order valence-electron chi connectivity index (χ1n) is 4.84. The molecule has 1 aliphatic carbocycles. The standard InChI is InChI=1S/C12H11ClFN/c13-12-10(14)7-4-8-11(12)15-9-5-2-1-3-6-9/h1-2,4-5,7-8,15H,3,6H2. The third-order valence-electron chi connectivity index (χ3n) is 2.26. The molecule has 0 aromatic heterocycles. The van der Waals surface area contributed by atoms with Crippen LogP contribution in [0.2, 0.25) is 5.02 Å². The van der Waals surface area contributed by atoms with Gasteiger partial charge in [0.25, 0.3) is 0 Å². The number of rotatable bonds is 2. The molecule has 2 rings (SSSR count). The zero-order valence-corrected chi connectivity index (χ0v) is 8.89. The Morgan fingerprint density at radius 1 is 1.33 bits per heavy atom. The molecule has 0 radical (unpaired) electrons. The van der Waals surface area contributed by atoms with Gasteiger partial charge in [0.2, 0.25) is 0 Å². The molecule has 0 fully saturated rings. The van der Waals surface area contributed by atoms with E-state index in [2.05, 4.69) is 11.4 Å². The molecule has 0 bridgehead atoms. The maximum Gasteiger partial charge on any atom is 0.143 e.